The normalized spacial score (nSPS) is 21.4. The molecule has 1 aromatic carbocycles. The van der Waals surface area contributed by atoms with Crippen LogP contribution >= 0.6 is 0 Å². The van der Waals surface area contributed by atoms with Gasteiger partial charge in [0.2, 0.25) is 0 Å². The summed E-state index contributed by atoms with van der Waals surface area (Å²) in [5.74, 6) is -0.604. The Labute approximate surface area is 165 Å². The monoisotopic (exact) mass is 407 g/mol. The van der Waals surface area contributed by atoms with Gasteiger partial charge >= 0.3 is 5.97 Å². The standard InChI is InChI=1S/C19H25N3O5S/c1-3-11-20-18(23)13(2)27-19(24)15-9-6-7-12-22(15)17-14-8-4-5-10-16(14)28(25,26)21-17/h4-5,8,10,13,15H,3,6-7,9,11-12H2,1-2H3,(H,20,23)/t13-,15+/m0/s1. The average Bonchev–Trinajstić information content (AvgIpc) is 2.97. The number of hydrogen-bond donors (Lipinski definition) is 1. The number of esters is 1. The van der Waals surface area contributed by atoms with Crippen molar-refractivity contribution < 1.29 is 22.7 Å². The number of amidine groups is 1. The second-order valence-electron chi connectivity index (χ2n) is 6.96. The molecule has 0 radical (unpaired) electrons. The molecule has 0 bridgehead atoms. The molecule has 8 nitrogen and oxygen atoms in total. The van der Waals surface area contributed by atoms with Gasteiger partial charge in [0.15, 0.2) is 11.9 Å². The summed E-state index contributed by atoms with van der Waals surface area (Å²) in [4.78, 5) is 26.6. The number of nitrogens with one attached hydrogen (secondary N) is 1. The highest BCUT2D eigenvalue weighted by Gasteiger charge is 2.39. The number of carbonyl (C=O) groups is 2. The van der Waals surface area contributed by atoms with Crippen LogP contribution in [0.25, 0.3) is 0 Å². The highest BCUT2D eigenvalue weighted by Crippen LogP contribution is 2.31. The Kier molecular flexibility index (Phi) is 6.02. The number of amides is 1. The molecule has 0 saturated carbocycles. The van der Waals surface area contributed by atoms with Crippen LogP contribution in [0.3, 0.4) is 0 Å². The molecular formula is C19H25N3O5S. The lowest BCUT2D eigenvalue weighted by molar-refractivity contribution is -0.159. The Hall–Kier alpha value is -2.42. The molecule has 0 spiro atoms. The zero-order chi connectivity index (χ0) is 20.3. The van der Waals surface area contributed by atoms with Gasteiger partial charge in [0.25, 0.3) is 15.9 Å². The summed E-state index contributed by atoms with van der Waals surface area (Å²) in [5, 5.41) is 2.70. The van der Waals surface area contributed by atoms with Crippen LogP contribution in [0.5, 0.6) is 0 Å². The number of ether oxygens (including phenoxy) is 1. The molecule has 9 heteroatoms. The molecule has 28 heavy (non-hydrogen) atoms. The number of carbonyl (C=O) groups excluding carboxylic acids is 2. The number of rotatable bonds is 5. The smallest absolute Gasteiger partial charge is 0.329 e. The number of likely N-dealkylation sites (tertiary alicyclic amines) is 1. The van der Waals surface area contributed by atoms with E-state index in [0.717, 1.165) is 19.3 Å². The van der Waals surface area contributed by atoms with Gasteiger partial charge in [-0.05, 0) is 44.7 Å². The van der Waals surface area contributed by atoms with E-state index in [1.807, 2.05) is 6.92 Å². The van der Waals surface area contributed by atoms with Crippen molar-refractivity contribution in [1.29, 1.82) is 0 Å². The highest BCUT2D eigenvalue weighted by molar-refractivity contribution is 7.90. The van der Waals surface area contributed by atoms with Gasteiger partial charge in [0.1, 0.15) is 10.9 Å². The second-order valence-corrected chi connectivity index (χ2v) is 8.53. The molecule has 1 fully saturated rings. The van der Waals surface area contributed by atoms with Gasteiger partial charge in [0, 0.05) is 18.7 Å². The average molecular weight is 407 g/mol. The third kappa shape index (κ3) is 4.04. The summed E-state index contributed by atoms with van der Waals surface area (Å²) < 4.78 is 34.0. The van der Waals surface area contributed by atoms with Crippen LogP contribution in [-0.2, 0) is 24.3 Å². The van der Waals surface area contributed by atoms with Crippen LogP contribution < -0.4 is 5.32 Å². The van der Waals surface area contributed by atoms with Crippen molar-refractivity contribution in [1.82, 2.24) is 10.2 Å². The van der Waals surface area contributed by atoms with Crippen molar-refractivity contribution >= 4 is 27.7 Å². The Morgan fingerprint density at radius 2 is 2.07 bits per heavy atom. The van der Waals surface area contributed by atoms with E-state index in [1.165, 1.54) is 13.0 Å². The van der Waals surface area contributed by atoms with E-state index < -0.39 is 28.1 Å². The van der Waals surface area contributed by atoms with Gasteiger partial charge < -0.3 is 15.0 Å². The van der Waals surface area contributed by atoms with Crippen molar-refractivity contribution in [2.75, 3.05) is 13.1 Å². The minimum atomic E-state index is -3.77. The summed E-state index contributed by atoms with van der Waals surface area (Å²) in [7, 11) is -3.77. The maximum Gasteiger partial charge on any atom is 0.329 e. The molecule has 2 atom stereocenters. The van der Waals surface area contributed by atoms with Crippen LogP contribution in [0.4, 0.5) is 0 Å². The number of piperidine rings is 1. The van der Waals surface area contributed by atoms with Gasteiger partial charge in [-0.15, -0.1) is 4.40 Å². The van der Waals surface area contributed by atoms with E-state index in [1.54, 1.807) is 23.1 Å². The molecule has 2 heterocycles. The molecule has 1 saturated heterocycles. The van der Waals surface area contributed by atoms with Crippen molar-refractivity contribution in [3.05, 3.63) is 29.8 Å². The van der Waals surface area contributed by atoms with Gasteiger partial charge in [-0.25, -0.2) is 4.79 Å². The van der Waals surface area contributed by atoms with Crippen LogP contribution in [-0.4, -0.2) is 56.3 Å². The Balaban J connectivity index is 1.80. The molecule has 0 aromatic heterocycles. The van der Waals surface area contributed by atoms with Crippen LogP contribution in [0.15, 0.2) is 33.6 Å². The molecule has 1 N–H and O–H groups in total. The summed E-state index contributed by atoms with van der Waals surface area (Å²) in [5.41, 5.74) is 0.496. The van der Waals surface area contributed by atoms with E-state index in [0.29, 0.717) is 25.1 Å². The summed E-state index contributed by atoms with van der Waals surface area (Å²) in [6.07, 6.45) is 2.02. The molecule has 1 amide bonds. The predicted octanol–water partition coefficient (Wildman–Crippen LogP) is 1.45. The minimum absolute atomic E-state index is 0.148. The third-order valence-electron chi connectivity index (χ3n) is 4.87. The van der Waals surface area contributed by atoms with Crippen molar-refractivity contribution in [2.45, 2.75) is 56.6 Å². The summed E-state index contributed by atoms with van der Waals surface area (Å²) in [6, 6.07) is 5.92. The number of hydrogen-bond acceptors (Lipinski definition) is 6. The minimum Gasteiger partial charge on any atom is -0.451 e. The fourth-order valence-corrected chi connectivity index (χ4v) is 4.64. The first-order chi connectivity index (χ1) is 13.3. The van der Waals surface area contributed by atoms with Crippen LogP contribution in [0.2, 0.25) is 0 Å². The predicted molar refractivity (Wildman–Crippen MR) is 103 cm³/mol. The lowest BCUT2D eigenvalue weighted by atomic mass is 10.0. The molecule has 0 unspecified atom stereocenters. The van der Waals surface area contributed by atoms with E-state index in [-0.39, 0.29) is 16.6 Å². The molecule has 152 valence electrons. The van der Waals surface area contributed by atoms with Gasteiger partial charge in [0.05, 0.1) is 0 Å². The van der Waals surface area contributed by atoms with Gasteiger partial charge in [-0.2, -0.15) is 8.42 Å². The molecule has 2 aliphatic heterocycles. The number of nitrogens with zero attached hydrogens (tertiary/aromatic N) is 2. The number of benzene rings is 1. The molecule has 3 rings (SSSR count). The first kappa shape index (κ1) is 20.3. The van der Waals surface area contributed by atoms with E-state index in [4.69, 9.17) is 4.74 Å². The quantitative estimate of drug-likeness (QED) is 0.741. The van der Waals surface area contributed by atoms with Gasteiger partial charge in [-0.3, -0.25) is 4.79 Å². The molecule has 1 aromatic rings. The van der Waals surface area contributed by atoms with Crippen molar-refractivity contribution in [3.63, 3.8) is 0 Å². The third-order valence-corrected chi connectivity index (χ3v) is 6.20. The van der Waals surface area contributed by atoms with Crippen molar-refractivity contribution in [3.8, 4) is 0 Å². The lowest BCUT2D eigenvalue weighted by Gasteiger charge is -2.35. The maximum atomic E-state index is 12.8. The highest BCUT2D eigenvalue weighted by atomic mass is 32.2. The molecular weight excluding hydrogens is 382 g/mol. The fraction of sp³-hybridized carbons (Fsp3) is 0.526. The van der Waals surface area contributed by atoms with Crippen LogP contribution in [0.1, 0.15) is 45.1 Å². The van der Waals surface area contributed by atoms with Crippen molar-refractivity contribution in [2.24, 2.45) is 4.40 Å². The zero-order valence-corrected chi connectivity index (χ0v) is 16.9. The first-order valence-corrected chi connectivity index (χ1v) is 11.0. The zero-order valence-electron chi connectivity index (χ0n) is 16.1. The molecule has 2 aliphatic rings. The largest absolute Gasteiger partial charge is 0.451 e. The van der Waals surface area contributed by atoms with Crippen LogP contribution in [0, 0.1) is 0 Å². The topological polar surface area (TPSA) is 105 Å². The second kappa shape index (κ2) is 8.30. The first-order valence-electron chi connectivity index (χ1n) is 9.54. The SMILES string of the molecule is CCCNC(=O)[C@H](C)OC(=O)[C@H]1CCCCN1C1=NS(=O)(=O)c2ccccc21. The number of sulfonamides is 1. The van der Waals surface area contributed by atoms with E-state index >= 15 is 0 Å². The summed E-state index contributed by atoms with van der Waals surface area (Å²) in [6.45, 7) is 4.48. The summed E-state index contributed by atoms with van der Waals surface area (Å²) >= 11 is 0. The Bertz CT molecular complexity index is 897. The van der Waals surface area contributed by atoms with E-state index in [9.17, 15) is 18.0 Å². The lowest BCUT2D eigenvalue weighted by Crippen LogP contribution is -2.50. The molecule has 0 aliphatic carbocycles. The maximum absolute atomic E-state index is 12.8. The number of fused-ring (bicyclic) bond motifs is 1. The van der Waals surface area contributed by atoms with E-state index in [2.05, 4.69) is 9.71 Å². The van der Waals surface area contributed by atoms with Gasteiger partial charge in [-0.1, -0.05) is 19.1 Å². The Morgan fingerprint density at radius 3 is 2.82 bits per heavy atom. The fourth-order valence-electron chi connectivity index (χ4n) is 3.42. The Morgan fingerprint density at radius 1 is 1.32 bits per heavy atom.